The van der Waals surface area contributed by atoms with Gasteiger partial charge < -0.3 is 29.5 Å². The first-order chi connectivity index (χ1) is 14.0. The lowest BCUT2D eigenvalue weighted by Crippen LogP contribution is -2.66. The second-order valence-electron chi connectivity index (χ2n) is 7.00. The first-order valence-corrected chi connectivity index (χ1v) is 9.55. The molecule has 30 heavy (non-hydrogen) atoms. The SMILES string of the molecule is CC=C(C)C(=O)O[C@H]1[C@H](O)[C@@H](O)[C@H](OC(=O)C(C)=CC)[C@H](OC(=O)/C(C)=C\C)[C@H]1O. The van der Waals surface area contributed by atoms with Crippen molar-refractivity contribution in [2.75, 3.05) is 0 Å². The van der Waals surface area contributed by atoms with Gasteiger partial charge in [-0.3, -0.25) is 0 Å². The third-order valence-electron chi connectivity index (χ3n) is 5.01. The van der Waals surface area contributed by atoms with Crippen molar-refractivity contribution < 1.29 is 43.9 Å². The summed E-state index contributed by atoms with van der Waals surface area (Å²) in [6.45, 7) is 9.22. The normalized spacial score (nSPS) is 30.5. The molecule has 0 unspecified atom stereocenters. The van der Waals surface area contributed by atoms with Crippen LogP contribution in [0.25, 0.3) is 0 Å². The molecule has 0 aliphatic heterocycles. The highest BCUT2D eigenvalue weighted by Gasteiger charge is 2.55. The Bertz CT molecular complexity index is 750. The van der Waals surface area contributed by atoms with Crippen LogP contribution in [0.1, 0.15) is 41.5 Å². The number of allylic oxidation sites excluding steroid dienone is 3. The molecule has 9 nitrogen and oxygen atoms in total. The molecule has 1 aliphatic carbocycles. The highest BCUT2D eigenvalue weighted by Crippen LogP contribution is 2.30. The van der Waals surface area contributed by atoms with Crippen molar-refractivity contribution in [1.82, 2.24) is 0 Å². The molecular weight excluding hydrogens is 396 g/mol. The zero-order chi connectivity index (χ0) is 23.2. The molecule has 3 N–H and O–H groups in total. The minimum absolute atomic E-state index is 0.204. The van der Waals surface area contributed by atoms with Gasteiger partial charge in [-0.15, -0.1) is 0 Å². The highest BCUT2D eigenvalue weighted by molar-refractivity contribution is 5.89. The van der Waals surface area contributed by atoms with E-state index in [0.29, 0.717) is 0 Å². The summed E-state index contributed by atoms with van der Waals surface area (Å²) in [4.78, 5) is 36.6. The van der Waals surface area contributed by atoms with E-state index in [4.69, 9.17) is 14.2 Å². The number of carbonyl (C=O) groups is 3. The number of rotatable bonds is 6. The second kappa shape index (κ2) is 11.1. The lowest BCUT2D eigenvalue weighted by atomic mass is 9.84. The van der Waals surface area contributed by atoms with Crippen molar-refractivity contribution >= 4 is 17.9 Å². The summed E-state index contributed by atoms with van der Waals surface area (Å²) < 4.78 is 15.6. The van der Waals surface area contributed by atoms with Gasteiger partial charge in [0.15, 0.2) is 18.3 Å². The first-order valence-electron chi connectivity index (χ1n) is 9.55. The molecule has 168 valence electrons. The molecule has 0 saturated heterocycles. The van der Waals surface area contributed by atoms with Crippen molar-refractivity contribution in [1.29, 1.82) is 0 Å². The smallest absolute Gasteiger partial charge is 0.333 e. The van der Waals surface area contributed by atoms with Crippen LogP contribution in [0.3, 0.4) is 0 Å². The largest absolute Gasteiger partial charge is 0.453 e. The Morgan fingerprint density at radius 1 is 0.567 bits per heavy atom. The monoisotopic (exact) mass is 426 g/mol. The third-order valence-corrected chi connectivity index (χ3v) is 5.01. The zero-order valence-corrected chi connectivity index (χ0v) is 18.0. The lowest BCUT2D eigenvalue weighted by molar-refractivity contribution is -0.244. The molecule has 6 atom stereocenters. The minimum Gasteiger partial charge on any atom is -0.453 e. The van der Waals surface area contributed by atoms with E-state index in [-0.39, 0.29) is 16.7 Å². The number of ether oxygens (including phenoxy) is 3. The average molecular weight is 426 g/mol. The Morgan fingerprint density at radius 3 is 1.17 bits per heavy atom. The summed E-state index contributed by atoms with van der Waals surface area (Å²) in [5, 5.41) is 31.7. The fourth-order valence-corrected chi connectivity index (χ4v) is 2.58. The van der Waals surface area contributed by atoms with Gasteiger partial charge in [0.25, 0.3) is 0 Å². The predicted octanol–water partition coefficient (Wildman–Crippen LogP) is 0.717. The van der Waals surface area contributed by atoms with Gasteiger partial charge in [-0.2, -0.15) is 0 Å². The molecule has 0 heterocycles. The molecule has 1 fully saturated rings. The highest BCUT2D eigenvalue weighted by atomic mass is 16.6. The number of aliphatic hydroxyl groups excluding tert-OH is 3. The molecular formula is C21H30O9. The quantitative estimate of drug-likeness (QED) is 0.318. The van der Waals surface area contributed by atoms with Crippen LogP contribution in [0.15, 0.2) is 34.9 Å². The number of esters is 3. The summed E-state index contributed by atoms with van der Waals surface area (Å²) in [7, 11) is 0. The summed E-state index contributed by atoms with van der Waals surface area (Å²) in [6.07, 6.45) is -5.76. The van der Waals surface area contributed by atoms with E-state index in [9.17, 15) is 29.7 Å². The van der Waals surface area contributed by atoms with Gasteiger partial charge in [-0.25, -0.2) is 14.4 Å². The molecule has 0 aromatic rings. The zero-order valence-electron chi connectivity index (χ0n) is 18.0. The van der Waals surface area contributed by atoms with Crippen LogP contribution in [0.5, 0.6) is 0 Å². The van der Waals surface area contributed by atoms with Gasteiger partial charge in [0.2, 0.25) is 0 Å². The van der Waals surface area contributed by atoms with E-state index in [2.05, 4.69) is 0 Å². The fourth-order valence-electron chi connectivity index (χ4n) is 2.58. The van der Waals surface area contributed by atoms with Crippen LogP contribution in [0.2, 0.25) is 0 Å². The molecule has 1 saturated carbocycles. The van der Waals surface area contributed by atoms with Crippen LogP contribution in [0, 0.1) is 0 Å². The van der Waals surface area contributed by atoms with Crippen molar-refractivity contribution in [2.24, 2.45) is 0 Å². The Balaban J connectivity index is 3.29. The fraction of sp³-hybridized carbons (Fsp3) is 0.571. The molecule has 0 radical (unpaired) electrons. The summed E-state index contributed by atoms with van der Waals surface area (Å²) in [5.74, 6) is -2.49. The van der Waals surface area contributed by atoms with E-state index in [1.165, 1.54) is 39.0 Å². The third kappa shape index (κ3) is 5.78. The summed E-state index contributed by atoms with van der Waals surface area (Å²) in [5.41, 5.74) is 0.619. The van der Waals surface area contributed by atoms with E-state index in [0.717, 1.165) is 0 Å². The molecule has 0 amide bonds. The maximum atomic E-state index is 12.3. The van der Waals surface area contributed by atoms with Crippen LogP contribution in [-0.2, 0) is 28.6 Å². The first kappa shape index (κ1) is 25.5. The summed E-state index contributed by atoms with van der Waals surface area (Å²) >= 11 is 0. The minimum atomic E-state index is -1.80. The van der Waals surface area contributed by atoms with Crippen LogP contribution >= 0.6 is 0 Å². The van der Waals surface area contributed by atoms with Crippen molar-refractivity contribution in [3.05, 3.63) is 34.9 Å². The molecule has 1 rings (SSSR count). The molecule has 9 heteroatoms. The number of hydrogen-bond donors (Lipinski definition) is 3. The predicted molar refractivity (Wildman–Crippen MR) is 106 cm³/mol. The van der Waals surface area contributed by atoms with E-state index >= 15 is 0 Å². The van der Waals surface area contributed by atoms with Gasteiger partial charge in [0.1, 0.15) is 18.3 Å². The Hall–Kier alpha value is -2.49. The summed E-state index contributed by atoms with van der Waals surface area (Å²) in [6, 6.07) is 0. The van der Waals surface area contributed by atoms with Crippen molar-refractivity contribution in [2.45, 2.75) is 78.2 Å². The van der Waals surface area contributed by atoms with E-state index < -0.39 is 54.5 Å². The Kier molecular flexibility index (Phi) is 9.41. The second-order valence-corrected chi connectivity index (χ2v) is 7.00. The number of aliphatic hydroxyl groups is 3. The standard InChI is InChI=1S/C21H30O9/c1-7-10(4)19(25)28-16-13(22)14(23)17(29-20(26)11(5)8-2)18(15(16)24)30-21(27)12(6)9-3/h7-9,13-18,22-24H,1-6H3/b10-7?,11-8?,12-9-/t13-,14-,15+,16+,17+,18-/m1/s1. The lowest BCUT2D eigenvalue weighted by Gasteiger charge is -2.44. The Morgan fingerprint density at radius 2 is 0.833 bits per heavy atom. The molecule has 0 bridgehead atoms. The van der Waals surface area contributed by atoms with Gasteiger partial charge in [0.05, 0.1) is 0 Å². The molecule has 1 aliphatic rings. The number of carbonyl (C=O) groups excluding carboxylic acids is 3. The Labute approximate surface area is 175 Å². The van der Waals surface area contributed by atoms with E-state index in [1.54, 1.807) is 20.8 Å². The van der Waals surface area contributed by atoms with Crippen molar-refractivity contribution in [3.63, 3.8) is 0 Å². The maximum Gasteiger partial charge on any atom is 0.333 e. The molecule has 0 aromatic heterocycles. The van der Waals surface area contributed by atoms with Crippen LogP contribution in [0.4, 0.5) is 0 Å². The van der Waals surface area contributed by atoms with Gasteiger partial charge in [0, 0.05) is 16.7 Å². The average Bonchev–Trinajstić information content (AvgIpc) is 2.74. The topological polar surface area (TPSA) is 140 Å². The molecule has 0 spiro atoms. The van der Waals surface area contributed by atoms with Gasteiger partial charge >= 0.3 is 17.9 Å². The van der Waals surface area contributed by atoms with Gasteiger partial charge in [-0.05, 0) is 41.5 Å². The molecule has 0 aromatic carbocycles. The van der Waals surface area contributed by atoms with E-state index in [1.807, 2.05) is 0 Å². The van der Waals surface area contributed by atoms with Gasteiger partial charge in [-0.1, -0.05) is 18.2 Å². The van der Waals surface area contributed by atoms with Crippen LogP contribution < -0.4 is 0 Å². The van der Waals surface area contributed by atoms with Crippen molar-refractivity contribution in [3.8, 4) is 0 Å². The maximum absolute atomic E-state index is 12.3. The van der Waals surface area contributed by atoms with Crippen LogP contribution in [-0.4, -0.2) is 69.9 Å². The number of hydrogen-bond acceptors (Lipinski definition) is 9.